The Morgan fingerprint density at radius 3 is 2.24 bits per heavy atom. The standard InChI is InChI=1S/C11H11ClF4O/c12-5-9(6-17-7-11(14,15)16)8-1-3-10(13)4-2-8/h1-4,9H,5-7H2. The quantitative estimate of drug-likeness (QED) is 0.585. The van der Waals surface area contributed by atoms with Crippen molar-refractivity contribution in [1.29, 1.82) is 0 Å². The Morgan fingerprint density at radius 1 is 1.18 bits per heavy atom. The molecule has 96 valence electrons. The van der Waals surface area contributed by atoms with Crippen LogP contribution in [0.15, 0.2) is 24.3 Å². The Balaban J connectivity index is 2.51. The van der Waals surface area contributed by atoms with E-state index in [1.807, 2.05) is 0 Å². The lowest BCUT2D eigenvalue weighted by Crippen LogP contribution is -2.20. The first kappa shape index (κ1) is 14.3. The van der Waals surface area contributed by atoms with Gasteiger partial charge in [-0.3, -0.25) is 0 Å². The Bertz CT molecular complexity index is 336. The van der Waals surface area contributed by atoms with Crippen LogP contribution in [0.3, 0.4) is 0 Å². The van der Waals surface area contributed by atoms with Crippen molar-refractivity contribution in [3.63, 3.8) is 0 Å². The largest absolute Gasteiger partial charge is 0.411 e. The molecule has 0 aromatic heterocycles. The number of hydrogen-bond acceptors (Lipinski definition) is 1. The summed E-state index contributed by atoms with van der Waals surface area (Å²) in [4.78, 5) is 0. The smallest absolute Gasteiger partial charge is 0.371 e. The van der Waals surface area contributed by atoms with E-state index < -0.39 is 18.6 Å². The molecular weight excluding hydrogens is 260 g/mol. The Morgan fingerprint density at radius 2 is 1.76 bits per heavy atom. The summed E-state index contributed by atoms with van der Waals surface area (Å²) < 4.78 is 52.8. The molecule has 0 N–H and O–H groups in total. The molecule has 0 radical (unpaired) electrons. The van der Waals surface area contributed by atoms with E-state index in [0.29, 0.717) is 5.56 Å². The van der Waals surface area contributed by atoms with Crippen molar-refractivity contribution in [2.24, 2.45) is 0 Å². The molecule has 17 heavy (non-hydrogen) atoms. The zero-order chi connectivity index (χ0) is 12.9. The number of alkyl halides is 4. The highest BCUT2D eigenvalue weighted by Crippen LogP contribution is 2.20. The maximum absolute atomic E-state index is 12.6. The second-order valence-electron chi connectivity index (χ2n) is 3.53. The predicted octanol–water partition coefficient (Wildman–Crippen LogP) is 3.73. The van der Waals surface area contributed by atoms with Crippen LogP contribution in [0.4, 0.5) is 17.6 Å². The molecule has 0 saturated heterocycles. The van der Waals surface area contributed by atoms with Gasteiger partial charge in [0.05, 0.1) is 6.61 Å². The fourth-order valence-electron chi connectivity index (χ4n) is 1.28. The number of halogens is 5. The minimum Gasteiger partial charge on any atom is -0.371 e. The van der Waals surface area contributed by atoms with Crippen LogP contribution in [-0.4, -0.2) is 25.3 Å². The molecule has 0 aliphatic rings. The van der Waals surface area contributed by atoms with E-state index in [1.165, 1.54) is 24.3 Å². The molecule has 0 bridgehead atoms. The lowest BCUT2D eigenvalue weighted by atomic mass is 10.0. The van der Waals surface area contributed by atoms with E-state index in [1.54, 1.807) is 0 Å². The topological polar surface area (TPSA) is 9.23 Å². The maximum atomic E-state index is 12.6. The third-order valence-electron chi connectivity index (χ3n) is 2.11. The second kappa shape index (κ2) is 6.21. The molecule has 0 spiro atoms. The van der Waals surface area contributed by atoms with Crippen LogP contribution in [0.1, 0.15) is 11.5 Å². The molecule has 1 unspecified atom stereocenters. The van der Waals surface area contributed by atoms with Gasteiger partial charge in [0.15, 0.2) is 0 Å². The van der Waals surface area contributed by atoms with Gasteiger partial charge in [0.25, 0.3) is 0 Å². The van der Waals surface area contributed by atoms with Gasteiger partial charge in [-0.05, 0) is 17.7 Å². The summed E-state index contributed by atoms with van der Waals surface area (Å²) in [7, 11) is 0. The van der Waals surface area contributed by atoms with Crippen LogP contribution in [0.2, 0.25) is 0 Å². The van der Waals surface area contributed by atoms with Gasteiger partial charge in [-0.25, -0.2) is 4.39 Å². The van der Waals surface area contributed by atoms with Crippen LogP contribution in [0.5, 0.6) is 0 Å². The fourth-order valence-corrected chi connectivity index (χ4v) is 1.55. The molecule has 6 heteroatoms. The average Bonchev–Trinajstić information content (AvgIpc) is 2.24. The molecule has 0 amide bonds. The van der Waals surface area contributed by atoms with Gasteiger partial charge in [-0.2, -0.15) is 13.2 Å². The monoisotopic (exact) mass is 270 g/mol. The molecule has 0 saturated carbocycles. The predicted molar refractivity (Wildman–Crippen MR) is 56.7 cm³/mol. The van der Waals surface area contributed by atoms with E-state index in [9.17, 15) is 17.6 Å². The molecule has 1 rings (SSSR count). The molecule has 0 fully saturated rings. The zero-order valence-electron chi connectivity index (χ0n) is 8.81. The van der Waals surface area contributed by atoms with Crippen LogP contribution in [0, 0.1) is 5.82 Å². The Kier molecular flexibility index (Phi) is 5.21. The van der Waals surface area contributed by atoms with Crippen molar-refractivity contribution in [3.8, 4) is 0 Å². The zero-order valence-corrected chi connectivity index (χ0v) is 9.56. The number of rotatable bonds is 5. The van der Waals surface area contributed by atoms with Crippen LogP contribution in [0.25, 0.3) is 0 Å². The Labute approximate surface area is 101 Å². The van der Waals surface area contributed by atoms with Gasteiger partial charge in [0, 0.05) is 11.8 Å². The van der Waals surface area contributed by atoms with Crippen LogP contribution >= 0.6 is 11.6 Å². The first-order valence-corrected chi connectivity index (χ1v) is 5.42. The van der Waals surface area contributed by atoms with Crippen LogP contribution < -0.4 is 0 Å². The van der Waals surface area contributed by atoms with Gasteiger partial charge in [0.2, 0.25) is 0 Å². The van der Waals surface area contributed by atoms with E-state index in [4.69, 9.17) is 11.6 Å². The number of benzene rings is 1. The summed E-state index contributed by atoms with van der Waals surface area (Å²) in [5.74, 6) is -0.665. The fraction of sp³-hybridized carbons (Fsp3) is 0.455. The Hall–Kier alpha value is -0.810. The summed E-state index contributed by atoms with van der Waals surface area (Å²) in [6.07, 6.45) is -4.35. The third kappa shape index (κ3) is 5.37. The molecule has 1 nitrogen and oxygen atoms in total. The highest BCUT2D eigenvalue weighted by molar-refractivity contribution is 6.18. The molecule has 0 aliphatic carbocycles. The summed E-state index contributed by atoms with van der Waals surface area (Å²) in [6, 6.07) is 5.44. The highest BCUT2D eigenvalue weighted by Gasteiger charge is 2.28. The first-order chi connectivity index (χ1) is 7.92. The first-order valence-electron chi connectivity index (χ1n) is 4.88. The third-order valence-corrected chi connectivity index (χ3v) is 2.48. The van der Waals surface area contributed by atoms with Gasteiger partial charge in [-0.15, -0.1) is 11.6 Å². The summed E-state index contributed by atoms with van der Waals surface area (Å²) in [6.45, 7) is -1.45. The number of hydrogen-bond donors (Lipinski definition) is 0. The molecule has 1 aromatic rings. The molecule has 1 aromatic carbocycles. The molecule has 0 heterocycles. The minimum atomic E-state index is -4.35. The highest BCUT2D eigenvalue weighted by atomic mass is 35.5. The van der Waals surface area contributed by atoms with Gasteiger partial charge < -0.3 is 4.74 Å². The average molecular weight is 271 g/mol. The van der Waals surface area contributed by atoms with E-state index in [-0.39, 0.29) is 18.4 Å². The van der Waals surface area contributed by atoms with E-state index in [2.05, 4.69) is 4.74 Å². The van der Waals surface area contributed by atoms with Gasteiger partial charge in [-0.1, -0.05) is 12.1 Å². The van der Waals surface area contributed by atoms with Crippen molar-refractivity contribution >= 4 is 11.6 Å². The van der Waals surface area contributed by atoms with Crippen molar-refractivity contribution in [2.75, 3.05) is 19.1 Å². The molecule has 0 aliphatic heterocycles. The second-order valence-corrected chi connectivity index (χ2v) is 3.84. The van der Waals surface area contributed by atoms with Crippen molar-refractivity contribution in [3.05, 3.63) is 35.6 Å². The van der Waals surface area contributed by atoms with Crippen molar-refractivity contribution in [2.45, 2.75) is 12.1 Å². The lowest BCUT2D eigenvalue weighted by molar-refractivity contribution is -0.174. The summed E-state index contributed by atoms with van der Waals surface area (Å²) >= 11 is 5.64. The van der Waals surface area contributed by atoms with E-state index >= 15 is 0 Å². The SMILES string of the molecule is Fc1ccc(C(CCl)COCC(F)(F)F)cc1. The van der Waals surface area contributed by atoms with Crippen LogP contribution in [-0.2, 0) is 4.74 Å². The lowest BCUT2D eigenvalue weighted by Gasteiger charge is -2.15. The van der Waals surface area contributed by atoms with Gasteiger partial charge in [0.1, 0.15) is 12.4 Å². The normalized spacial score (nSPS) is 13.7. The van der Waals surface area contributed by atoms with Gasteiger partial charge >= 0.3 is 6.18 Å². The van der Waals surface area contributed by atoms with Crippen molar-refractivity contribution < 1.29 is 22.3 Å². The summed E-state index contributed by atoms with van der Waals surface area (Å²) in [5, 5.41) is 0. The van der Waals surface area contributed by atoms with E-state index in [0.717, 1.165) is 0 Å². The number of ether oxygens (including phenoxy) is 1. The molecular formula is C11H11ClF4O. The molecule has 1 atom stereocenters. The maximum Gasteiger partial charge on any atom is 0.411 e. The minimum absolute atomic E-state index is 0.115. The summed E-state index contributed by atoms with van der Waals surface area (Å²) in [5.41, 5.74) is 0.656. The van der Waals surface area contributed by atoms with Crippen molar-refractivity contribution in [1.82, 2.24) is 0 Å².